The van der Waals surface area contributed by atoms with Gasteiger partial charge in [-0.25, -0.2) is 9.97 Å². The van der Waals surface area contributed by atoms with E-state index in [2.05, 4.69) is 36.9 Å². The highest BCUT2D eigenvalue weighted by Crippen LogP contribution is 2.21. The summed E-state index contributed by atoms with van der Waals surface area (Å²) in [6.07, 6.45) is 2.65. The second-order valence-corrected chi connectivity index (χ2v) is 5.62. The van der Waals surface area contributed by atoms with Crippen molar-refractivity contribution in [2.24, 2.45) is 0 Å². The summed E-state index contributed by atoms with van der Waals surface area (Å²) in [5, 5.41) is 16.9. The SMILES string of the molecule is Cc1ncnc(N2CCCN(c3ccc(C#N)nn3)CC2)c1C. The van der Waals surface area contributed by atoms with Gasteiger partial charge >= 0.3 is 0 Å². The third-order valence-corrected chi connectivity index (χ3v) is 4.19. The maximum atomic E-state index is 8.81. The van der Waals surface area contributed by atoms with Gasteiger partial charge in [0.2, 0.25) is 0 Å². The fourth-order valence-corrected chi connectivity index (χ4v) is 2.76. The second kappa shape index (κ2) is 6.57. The van der Waals surface area contributed by atoms with Gasteiger partial charge in [-0.1, -0.05) is 0 Å². The lowest BCUT2D eigenvalue weighted by molar-refractivity contribution is 0.783. The molecule has 7 nitrogen and oxygen atoms in total. The van der Waals surface area contributed by atoms with E-state index in [1.165, 1.54) is 0 Å². The van der Waals surface area contributed by atoms with Crippen LogP contribution >= 0.6 is 0 Å². The first-order valence-corrected chi connectivity index (χ1v) is 7.71. The van der Waals surface area contributed by atoms with Gasteiger partial charge in [-0.05, 0) is 32.4 Å². The molecule has 0 unspecified atom stereocenters. The van der Waals surface area contributed by atoms with Crippen molar-refractivity contribution in [3.8, 4) is 6.07 Å². The van der Waals surface area contributed by atoms with E-state index >= 15 is 0 Å². The van der Waals surface area contributed by atoms with E-state index < -0.39 is 0 Å². The van der Waals surface area contributed by atoms with E-state index in [0.717, 1.165) is 55.5 Å². The van der Waals surface area contributed by atoms with Crippen LogP contribution in [0, 0.1) is 25.2 Å². The Balaban J connectivity index is 1.74. The lowest BCUT2D eigenvalue weighted by Gasteiger charge is -2.24. The van der Waals surface area contributed by atoms with Gasteiger partial charge in [0, 0.05) is 37.4 Å². The number of aromatic nitrogens is 4. The molecular formula is C16H19N7. The zero-order valence-corrected chi connectivity index (χ0v) is 13.4. The van der Waals surface area contributed by atoms with Crippen LogP contribution in [0.5, 0.6) is 0 Å². The van der Waals surface area contributed by atoms with E-state index in [1.54, 1.807) is 12.4 Å². The molecule has 0 aliphatic carbocycles. The van der Waals surface area contributed by atoms with Gasteiger partial charge in [-0.3, -0.25) is 0 Å². The van der Waals surface area contributed by atoms with Crippen LogP contribution in [0.3, 0.4) is 0 Å². The lowest BCUT2D eigenvalue weighted by atomic mass is 10.2. The van der Waals surface area contributed by atoms with Gasteiger partial charge in [-0.15, -0.1) is 10.2 Å². The first-order chi connectivity index (χ1) is 11.2. The standard InChI is InChI=1S/C16H19N7/c1-12-13(2)18-11-19-16(12)23-7-3-6-22(8-9-23)15-5-4-14(10-17)20-21-15/h4-5,11H,3,6-9H2,1-2H3. The average molecular weight is 309 g/mol. The molecule has 0 radical (unpaired) electrons. The molecule has 0 saturated carbocycles. The van der Waals surface area contributed by atoms with E-state index in [1.807, 2.05) is 19.1 Å². The monoisotopic (exact) mass is 309 g/mol. The maximum Gasteiger partial charge on any atom is 0.163 e. The zero-order chi connectivity index (χ0) is 16.2. The zero-order valence-electron chi connectivity index (χ0n) is 13.4. The van der Waals surface area contributed by atoms with E-state index in [9.17, 15) is 0 Å². The predicted molar refractivity (Wildman–Crippen MR) is 87.3 cm³/mol. The molecule has 23 heavy (non-hydrogen) atoms. The largest absolute Gasteiger partial charge is 0.354 e. The number of nitrogens with zero attached hydrogens (tertiary/aromatic N) is 7. The highest BCUT2D eigenvalue weighted by Gasteiger charge is 2.19. The lowest BCUT2D eigenvalue weighted by Crippen LogP contribution is -2.32. The molecule has 1 fully saturated rings. The van der Waals surface area contributed by atoms with Crippen molar-refractivity contribution in [2.45, 2.75) is 20.3 Å². The predicted octanol–water partition coefficient (Wildman–Crippen LogP) is 1.47. The first kappa shape index (κ1) is 15.2. The molecule has 0 aromatic carbocycles. The third-order valence-electron chi connectivity index (χ3n) is 4.19. The minimum atomic E-state index is 0.345. The molecule has 3 heterocycles. The average Bonchev–Trinajstić information content (AvgIpc) is 2.83. The Kier molecular flexibility index (Phi) is 4.33. The number of rotatable bonds is 2. The van der Waals surface area contributed by atoms with Crippen LogP contribution in [-0.2, 0) is 0 Å². The normalized spacial score (nSPS) is 15.2. The van der Waals surface area contributed by atoms with Crippen LogP contribution in [0.2, 0.25) is 0 Å². The van der Waals surface area contributed by atoms with Crippen LogP contribution in [0.15, 0.2) is 18.5 Å². The fraction of sp³-hybridized carbons (Fsp3) is 0.438. The molecule has 0 atom stereocenters. The minimum Gasteiger partial charge on any atom is -0.354 e. The summed E-state index contributed by atoms with van der Waals surface area (Å²) in [7, 11) is 0. The van der Waals surface area contributed by atoms with Crippen molar-refractivity contribution in [3.63, 3.8) is 0 Å². The van der Waals surface area contributed by atoms with Crippen LogP contribution in [0.25, 0.3) is 0 Å². The van der Waals surface area contributed by atoms with Crippen molar-refractivity contribution in [1.29, 1.82) is 5.26 Å². The van der Waals surface area contributed by atoms with Gasteiger partial charge < -0.3 is 9.80 Å². The Morgan fingerprint density at radius 1 is 1.00 bits per heavy atom. The molecule has 2 aromatic rings. The van der Waals surface area contributed by atoms with Crippen molar-refractivity contribution >= 4 is 11.6 Å². The van der Waals surface area contributed by atoms with E-state index in [0.29, 0.717) is 5.69 Å². The van der Waals surface area contributed by atoms with Gasteiger partial charge in [0.15, 0.2) is 11.5 Å². The number of hydrogen-bond donors (Lipinski definition) is 0. The van der Waals surface area contributed by atoms with Crippen molar-refractivity contribution in [2.75, 3.05) is 36.0 Å². The molecule has 1 aliphatic heterocycles. The molecule has 1 aliphatic rings. The molecule has 0 spiro atoms. The summed E-state index contributed by atoms with van der Waals surface area (Å²) in [4.78, 5) is 13.2. The van der Waals surface area contributed by atoms with E-state index in [-0.39, 0.29) is 0 Å². The van der Waals surface area contributed by atoms with Crippen LogP contribution in [-0.4, -0.2) is 46.3 Å². The highest BCUT2D eigenvalue weighted by molar-refractivity contribution is 5.48. The van der Waals surface area contributed by atoms with Crippen LogP contribution in [0.4, 0.5) is 11.6 Å². The maximum absolute atomic E-state index is 8.81. The summed E-state index contributed by atoms with van der Waals surface area (Å²) in [6, 6.07) is 5.57. The number of aryl methyl sites for hydroxylation is 1. The van der Waals surface area contributed by atoms with Crippen LogP contribution < -0.4 is 9.80 Å². The summed E-state index contributed by atoms with van der Waals surface area (Å²) in [6.45, 7) is 7.68. The second-order valence-electron chi connectivity index (χ2n) is 5.62. The Morgan fingerprint density at radius 3 is 2.52 bits per heavy atom. The Morgan fingerprint density at radius 2 is 1.78 bits per heavy atom. The Bertz CT molecular complexity index is 720. The molecule has 0 amide bonds. The number of anilines is 2. The summed E-state index contributed by atoms with van der Waals surface area (Å²) < 4.78 is 0. The molecule has 0 N–H and O–H groups in total. The van der Waals surface area contributed by atoms with Crippen molar-refractivity contribution < 1.29 is 0 Å². The quantitative estimate of drug-likeness (QED) is 0.830. The highest BCUT2D eigenvalue weighted by atomic mass is 15.3. The molecule has 2 aromatic heterocycles. The Hall–Kier alpha value is -2.75. The molecule has 118 valence electrons. The topological polar surface area (TPSA) is 81.8 Å². The van der Waals surface area contributed by atoms with Gasteiger partial charge in [0.05, 0.1) is 0 Å². The van der Waals surface area contributed by atoms with Crippen molar-refractivity contribution in [3.05, 3.63) is 35.4 Å². The summed E-state index contributed by atoms with van der Waals surface area (Å²) in [5.41, 5.74) is 2.51. The summed E-state index contributed by atoms with van der Waals surface area (Å²) >= 11 is 0. The molecule has 1 saturated heterocycles. The Labute approximate surface area is 135 Å². The van der Waals surface area contributed by atoms with E-state index in [4.69, 9.17) is 5.26 Å². The van der Waals surface area contributed by atoms with Gasteiger partial charge in [0.25, 0.3) is 0 Å². The number of nitriles is 1. The first-order valence-electron chi connectivity index (χ1n) is 7.71. The minimum absolute atomic E-state index is 0.345. The number of hydrogen-bond acceptors (Lipinski definition) is 7. The van der Waals surface area contributed by atoms with Crippen molar-refractivity contribution in [1.82, 2.24) is 20.2 Å². The van der Waals surface area contributed by atoms with Gasteiger partial charge in [-0.2, -0.15) is 5.26 Å². The molecule has 0 bridgehead atoms. The van der Waals surface area contributed by atoms with Gasteiger partial charge in [0.1, 0.15) is 18.2 Å². The molecular weight excluding hydrogens is 290 g/mol. The molecule has 7 heteroatoms. The smallest absolute Gasteiger partial charge is 0.163 e. The third kappa shape index (κ3) is 3.21. The molecule has 3 rings (SSSR count). The van der Waals surface area contributed by atoms with Crippen LogP contribution in [0.1, 0.15) is 23.4 Å². The summed E-state index contributed by atoms with van der Waals surface area (Å²) in [5.74, 6) is 1.84. The fourth-order valence-electron chi connectivity index (χ4n) is 2.76.